The van der Waals surface area contributed by atoms with E-state index in [9.17, 15) is 14.2 Å². The molecule has 1 unspecified atom stereocenters. The molecule has 1 aromatic rings. The lowest BCUT2D eigenvalue weighted by Crippen LogP contribution is -2.43. The van der Waals surface area contributed by atoms with Crippen LogP contribution in [-0.2, 0) is 27.8 Å². The normalized spacial score (nSPS) is 23.2. The van der Waals surface area contributed by atoms with Crippen molar-refractivity contribution in [1.82, 2.24) is 14.2 Å². The van der Waals surface area contributed by atoms with Crippen LogP contribution < -0.4 is 11.2 Å². The molecular formula is C26H46N4O8P2. The van der Waals surface area contributed by atoms with E-state index >= 15 is 0 Å². The van der Waals surface area contributed by atoms with Crippen molar-refractivity contribution in [2.24, 2.45) is 5.92 Å². The maximum absolute atomic E-state index is 13.0. The van der Waals surface area contributed by atoms with Crippen LogP contribution in [0.2, 0.25) is 0 Å². The van der Waals surface area contributed by atoms with Crippen LogP contribution in [0, 0.1) is 19.4 Å². The van der Waals surface area contributed by atoms with E-state index in [2.05, 4.69) is 14.5 Å². The van der Waals surface area contributed by atoms with Crippen LogP contribution in [0.3, 0.4) is 0 Å². The number of nitrogens with one attached hydrogen (secondary N) is 1. The van der Waals surface area contributed by atoms with Gasteiger partial charge in [-0.25, -0.2) is 16.0 Å². The molecule has 228 valence electrons. The van der Waals surface area contributed by atoms with Crippen molar-refractivity contribution in [3.8, 4) is 0 Å². The number of aromatic nitrogens is 2. The van der Waals surface area contributed by atoms with Crippen LogP contribution >= 0.6 is 15.7 Å². The molecule has 40 heavy (non-hydrogen) atoms. The van der Waals surface area contributed by atoms with Gasteiger partial charge in [0.1, 0.15) is 18.8 Å². The predicted molar refractivity (Wildman–Crippen MR) is 156 cm³/mol. The smallest absolute Gasteiger partial charge is 0.330 e. The second-order valence-electron chi connectivity index (χ2n) is 11.1. The van der Waals surface area contributed by atoms with Gasteiger partial charge in [-0.3, -0.25) is 14.3 Å². The largest absolute Gasteiger partial charge is 0.382 e. The molecule has 1 N–H and O–H groups in total. The average Bonchev–Trinajstić information content (AvgIpc) is 3.18. The van der Waals surface area contributed by atoms with Crippen LogP contribution in [-0.4, -0.2) is 97.6 Å². The molecule has 1 aromatic heterocycles. The van der Waals surface area contributed by atoms with Crippen molar-refractivity contribution in [2.75, 3.05) is 53.0 Å². The van der Waals surface area contributed by atoms with Crippen LogP contribution in [0.4, 0.5) is 0 Å². The summed E-state index contributed by atoms with van der Waals surface area (Å²) < 4.78 is 47.3. The molecule has 12 nitrogen and oxygen atoms in total. The lowest BCUT2D eigenvalue weighted by Gasteiger charge is -2.38. The number of aromatic amines is 1. The zero-order valence-corrected chi connectivity index (χ0v) is 26.9. The molecule has 6 atom stereocenters. The van der Waals surface area contributed by atoms with E-state index in [0.717, 1.165) is 0 Å². The van der Waals surface area contributed by atoms with Crippen molar-refractivity contribution >= 4 is 15.7 Å². The molecular weight excluding hydrogens is 558 g/mol. The maximum atomic E-state index is 13.0. The van der Waals surface area contributed by atoms with Gasteiger partial charge in [0, 0.05) is 37.1 Å². The number of methoxy groups -OCH3 is 1. The summed E-state index contributed by atoms with van der Waals surface area (Å²) in [6.07, 6.45) is -1.20. The summed E-state index contributed by atoms with van der Waals surface area (Å²) in [5.74, 6) is -0.226. The summed E-state index contributed by atoms with van der Waals surface area (Å²) in [5.41, 5.74) is -0.769. The van der Waals surface area contributed by atoms with Gasteiger partial charge in [-0.2, -0.15) is 0 Å². The summed E-state index contributed by atoms with van der Waals surface area (Å²) in [6, 6.07) is 0.133. The molecule has 0 radical (unpaired) electrons. The molecule has 2 rings (SSSR count). The Labute approximate surface area is 238 Å². The summed E-state index contributed by atoms with van der Waals surface area (Å²) in [6.45, 7) is 23.3. The van der Waals surface area contributed by atoms with Gasteiger partial charge in [-0.15, -0.1) is 0 Å². The zero-order chi connectivity index (χ0) is 30.2. The first-order valence-electron chi connectivity index (χ1n) is 13.5. The first-order valence-corrected chi connectivity index (χ1v) is 17.5. The SMILES string of the molecule is [C-]#[N+]CCOP(O[C@H]1[C@@H](OCCOC)[C@H](n2cc(C)c(=O)[nH]c2=O)O[C@@H]1[C@H](C)CP(C)(C)=O)N(C(C)C)C(C)C. The Hall–Kier alpha value is -1.41. The van der Waals surface area contributed by atoms with Gasteiger partial charge < -0.3 is 32.7 Å². The molecule has 1 fully saturated rings. The van der Waals surface area contributed by atoms with Crippen molar-refractivity contribution in [3.63, 3.8) is 0 Å². The molecule has 0 amide bonds. The van der Waals surface area contributed by atoms with E-state index in [1.165, 1.54) is 10.8 Å². The Balaban J connectivity index is 2.63. The molecule has 2 heterocycles. The minimum atomic E-state index is -2.45. The Morgan fingerprint density at radius 3 is 2.35 bits per heavy atom. The quantitative estimate of drug-likeness (QED) is 0.171. The summed E-state index contributed by atoms with van der Waals surface area (Å²) in [4.78, 5) is 30.8. The highest BCUT2D eigenvalue weighted by Crippen LogP contribution is 2.52. The van der Waals surface area contributed by atoms with Crippen molar-refractivity contribution in [1.29, 1.82) is 0 Å². The van der Waals surface area contributed by atoms with Crippen LogP contribution in [0.15, 0.2) is 15.8 Å². The third-order valence-corrected chi connectivity index (χ3v) is 9.98. The highest BCUT2D eigenvalue weighted by molar-refractivity contribution is 7.62. The van der Waals surface area contributed by atoms with E-state index in [-0.39, 0.29) is 37.8 Å². The van der Waals surface area contributed by atoms with Gasteiger partial charge in [0.05, 0.1) is 26.5 Å². The van der Waals surface area contributed by atoms with Crippen LogP contribution in [0.5, 0.6) is 0 Å². The molecule has 1 saturated heterocycles. The first-order chi connectivity index (χ1) is 18.7. The Morgan fingerprint density at radius 2 is 1.80 bits per heavy atom. The van der Waals surface area contributed by atoms with Crippen molar-refractivity contribution in [2.45, 2.75) is 78.2 Å². The first kappa shape index (κ1) is 34.8. The van der Waals surface area contributed by atoms with E-state index in [4.69, 9.17) is 29.8 Å². The molecule has 0 aliphatic carbocycles. The fourth-order valence-electron chi connectivity index (χ4n) is 4.88. The van der Waals surface area contributed by atoms with Gasteiger partial charge >= 0.3 is 5.69 Å². The second-order valence-corrected chi connectivity index (χ2v) is 16.0. The van der Waals surface area contributed by atoms with Gasteiger partial charge in [0.15, 0.2) is 6.23 Å². The topological polar surface area (TPSA) is 126 Å². The molecule has 1 aliphatic heterocycles. The number of hydrogen-bond donors (Lipinski definition) is 1. The lowest BCUT2D eigenvalue weighted by molar-refractivity contribution is -0.0811. The molecule has 14 heteroatoms. The average molecular weight is 605 g/mol. The Morgan fingerprint density at radius 1 is 1.15 bits per heavy atom. The zero-order valence-electron chi connectivity index (χ0n) is 25.2. The summed E-state index contributed by atoms with van der Waals surface area (Å²) in [5, 5.41) is 0. The highest BCUT2D eigenvalue weighted by Gasteiger charge is 2.52. The second kappa shape index (κ2) is 15.7. The molecule has 1 aliphatic rings. The van der Waals surface area contributed by atoms with Crippen molar-refractivity contribution in [3.05, 3.63) is 44.0 Å². The Kier molecular flexibility index (Phi) is 13.7. The fourth-order valence-corrected chi connectivity index (χ4v) is 8.22. The minimum absolute atomic E-state index is 0.0665. The number of aryl methyl sites for hydroxylation is 1. The maximum Gasteiger partial charge on any atom is 0.330 e. The lowest BCUT2D eigenvalue weighted by atomic mass is 10.00. The highest BCUT2D eigenvalue weighted by atomic mass is 31.2. The molecule has 0 aromatic carbocycles. The third kappa shape index (κ3) is 9.57. The summed E-state index contributed by atoms with van der Waals surface area (Å²) in [7, 11) is -2.56. The van der Waals surface area contributed by atoms with E-state index < -0.39 is 51.5 Å². The number of nitrogens with zero attached hydrogens (tertiary/aromatic N) is 3. The standard InChI is InChI=1S/C26H46N4O8P2/c1-17(2)30(18(3)4)39(36-12-11-27-7)38-22-21(20(6)16-40(9,10)33)37-25(23(22)35-14-13-34-8)29-15-19(5)24(31)28-26(29)32/h15,17-18,20-23,25H,11-14,16H2,1-6,8-10H3,(H,28,31,32)/t20-,21-,22-,23-,25-,39?/m1/s1. The predicted octanol–water partition coefficient (Wildman–Crippen LogP) is 3.70. The summed E-state index contributed by atoms with van der Waals surface area (Å²) >= 11 is 0. The Bertz CT molecular complexity index is 1140. The number of rotatable bonds is 16. The van der Waals surface area contributed by atoms with E-state index in [1.54, 1.807) is 27.4 Å². The van der Waals surface area contributed by atoms with Crippen LogP contribution in [0.1, 0.15) is 46.4 Å². The van der Waals surface area contributed by atoms with Gasteiger partial charge in [-0.05, 0) is 53.9 Å². The van der Waals surface area contributed by atoms with Crippen molar-refractivity contribution < 1.29 is 27.8 Å². The molecule has 0 saturated carbocycles. The van der Waals surface area contributed by atoms with Gasteiger partial charge in [0.2, 0.25) is 6.54 Å². The number of hydrogen-bond acceptors (Lipinski definition) is 9. The van der Waals surface area contributed by atoms with Gasteiger partial charge in [-0.1, -0.05) is 6.92 Å². The molecule has 0 spiro atoms. The van der Waals surface area contributed by atoms with Gasteiger partial charge in [0.25, 0.3) is 14.1 Å². The van der Waals surface area contributed by atoms with Crippen LogP contribution in [0.25, 0.3) is 4.85 Å². The number of ether oxygens (including phenoxy) is 3. The molecule has 0 bridgehead atoms. The monoisotopic (exact) mass is 604 g/mol. The van der Waals surface area contributed by atoms with E-state index in [0.29, 0.717) is 18.3 Å². The number of H-pyrrole nitrogens is 1. The third-order valence-electron chi connectivity index (χ3n) is 6.39. The van der Waals surface area contributed by atoms with E-state index in [1.807, 2.05) is 34.6 Å². The fraction of sp³-hybridized carbons (Fsp3) is 0.808. The minimum Gasteiger partial charge on any atom is -0.382 e.